The molecule has 0 aromatic rings. The molecule has 21 heavy (non-hydrogen) atoms. The molecule has 0 saturated heterocycles. The molecular formula is C14H29NO5S. The molecule has 0 N–H and O–H groups in total. The van der Waals surface area contributed by atoms with Gasteiger partial charge in [-0.1, -0.05) is 5.16 Å². The van der Waals surface area contributed by atoms with E-state index in [0.29, 0.717) is 26.1 Å². The zero-order valence-corrected chi connectivity index (χ0v) is 14.8. The van der Waals surface area contributed by atoms with E-state index in [1.807, 2.05) is 27.7 Å². The lowest BCUT2D eigenvalue weighted by atomic mass is 10.2. The van der Waals surface area contributed by atoms with Gasteiger partial charge in [0, 0.05) is 13.0 Å². The molecule has 0 amide bonds. The number of rotatable bonds is 10. The fraction of sp³-hybridized carbons (Fsp3) is 0.929. The molecule has 0 fully saturated rings. The molecule has 126 valence electrons. The number of nitrogens with zero attached hydrogens (tertiary/aromatic N) is 1. The molecule has 6 nitrogen and oxygen atoms in total. The molecule has 0 spiro atoms. The van der Waals surface area contributed by atoms with Crippen molar-refractivity contribution >= 4 is 15.8 Å². The molecule has 0 aliphatic carbocycles. The second-order valence-electron chi connectivity index (χ2n) is 6.15. The van der Waals surface area contributed by atoms with Gasteiger partial charge in [-0.2, -0.15) is 8.42 Å². The van der Waals surface area contributed by atoms with Crippen LogP contribution in [0.2, 0.25) is 0 Å². The zero-order valence-electron chi connectivity index (χ0n) is 14.0. The molecule has 0 aromatic carbocycles. The van der Waals surface area contributed by atoms with Crippen LogP contribution in [0.25, 0.3) is 0 Å². The summed E-state index contributed by atoms with van der Waals surface area (Å²) in [6.07, 6.45) is 2.86. The first kappa shape index (κ1) is 20.3. The van der Waals surface area contributed by atoms with E-state index in [-0.39, 0.29) is 11.7 Å². The molecule has 7 heteroatoms. The maximum atomic E-state index is 10.9. The Morgan fingerprint density at radius 3 is 2.38 bits per heavy atom. The van der Waals surface area contributed by atoms with Crippen molar-refractivity contribution in [3.05, 3.63) is 0 Å². The molecule has 0 radical (unpaired) electrons. The first-order chi connectivity index (χ1) is 9.49. The van der Waals surface area contributed by atoms with Gasteiger partial charge in [0.05, 0.1) is 24.7 Å². The number of oxime groups is 1. The number of hydrogen-bond donors (Lipinski definition) is 0. The first-order valence-electron chi connectivity index (χ1n) is 7.17. The zero-order chi connectivity index (χ0) is 16.5. The van der Waals surface area contributed by atoms with Gasteiger partial charge >= 0.3 is 0 Å². The smallest absolute Gasteiger partial charge is 0.264 e. The normalized spacial score (nSPS) is 15.0. The Morgan fingerprint density at radius 2 is 1.86 bits per heavy atom. The van der Waals surface area contributed by atoms with Crippen LogP contribution in [-0.4, -0.2) is 45.3 Å². The largest absolute Gasteiger partial charge is 0.390 e. The predicted octanol–water partition coefficient (Wildman–Crippen LogP) is 2.73. The Morgan fingerprint density at radius 1 is 1.24 bits per heavy atom. The van der Waals surface area contributed by atoms with E-state index >= 15 is 0 Å². The molecule has 0 saturated carbocycles. The van der Waals surface area contributed by atoms with Gasteiger partial charge < -0.3 is 9.57 Å². The van der Waals surface area contributed by atoms with Crippen molar-refractivity contribution in [2.24, 2.45) is 5.16 Å². The molecular weight excluding hydrogens is 294 g/mol. The summed E-state index contributed by atoms with van der Waals surface area (Å²) in [6, 6.07) is 0. The summed E-state index contributed by atoms with van der Waals surface area (Å²) in [4.78, 5) is 5.31. The van der Waals surface area contributed by atoms with Gasteiger partial charge in [-0.05, 0) is 47.5 Å². The van der Waals surface area contributed by atoms with Crippen molar-refractivity contribution in [3.8, 4) is 0 Å². The van der Waals surface area contributed by atoms with Crippen LogP contribution in [0.15, 0.2) is 5.16 Å². The standard InChI is InChI=1S/C14H29NO5S/c1-12(15-20-14(3,4)5)9-11-18-10-7-8-13(2)19-21(6,16)17/h13H,7-11H2,1-6H3. The highest BCUT2D eigenvalue weighted by atomic mass is 32.2. The Hall–Kier alpha value is -0.660. The SMILES string of the molecule is CC(CCOCCCC(C)OS(C)(=O)=O)=NOC(C)(C)C. The monoisotopic (exact) mass is 323 g/mol. The lowest BCUT2D eigenvalue weighted by molar-refractivity contribution is 0.000102. The van der Waals surface area contributed by atoms with Gasteiger partial charge in [0.2, 0.25) is 0 Å². The lowest BCUT2D eigenvalue weighted by Crippen LogP contribution is -2.17. The summed E-state index contributed by atoms with van der Waals surface area (Å²) in [5.41, 5.74) is 0.608. The Bertz CT molecular complexity index is 412. The van der Waals surface area contributed by atoms with Gasteiger partial charge in [0.1, 0.15) is 5.60 Å². The minimum atomic E-state index is -3.37. The third kappa shape index (κ3) is 15.5. The van der Waals surface area contributed by atoms with Gasteiger partial charge in [-0.3, -0.25) is 4.18 Å². The quantitative estimate of drug-likeness (QED) is 0.267. The van der Waals surface area contributed by atoms with Gasteiger partial charge in [0.25, 0.3) is 10.1 Å². The molecule has 0 rings (SSSR count). The van der Waals surface area contributed by atoms with Crippen LogP contribution in [0, 0.1) is 0 Å². The summed E-state index contributed by atoms with van der Waals surface area (Å²) in [5, 5.41) is 4.03. The van der Waals surface area contributed by atoms with Crippen molar-refractivity contribution in [1.29, 1.82) is 0 Å². The van der Waals surface area contributed by atoms with Crippen LogP contribution in [0.1, 0.15) is 53.9 Å². The van der Waals surface area contributed by atoms with Crippen molar-refractivity contribution < 1.29 is 22.2 Å². The first-order valence-corrected chi connectivity index (χ1v) is 8.99. The van der Waals surface area contributed by atoms with E-state index < -0.39 is 10.1 Å². The molecule has 0 aromatic heterocycles. The van der Waals surface area contributed by atoms with Gasteiger partial charge in [-0.15, -0.1) is 0 Å². The van der Waals surface area contributed by atoms with Crippen LogP contribution < -0.4 is 0 Å². The fourth-order valence-corrected chi connectivity index (χ4v) is 2.09. The summed E-state index contributed by atoms with van der Waals surface area (Å²) >= 11 is 0. The molecule has 0 bridgehead atoms. The van der Waals surface area contributed by atoms with Crippen LogP contribution in [0.5, 0.6) is 0 Å². The van der Waals surface area contributed by atoms with E-state index in [4.69, 9.17) is 13.8 Å². The van der Waals surface area contributed by atoms with E-state index in [1.165, 1.54) is 0 Å². The molecule has 0 aliphatic rings. The average molecular weight is 323 g/mol. The summed E-state index contributed by atoms with van der Waals surface area (Å²) < 4.78 is 32.1. The van der Waals surface area contributed by atoms with Crippen LogP contribution >= 0.6 is 0 Å². The third-order valence-electron chi connectivity index (χ3n) is 2.32. The fourth-order valence-electron chi connectivity index (χ4n) is 1.40. The maximum Gasteiger partial charge on any atom is 0.264 e. The molecule has 1 unspecified atom stereocenters. The summed E-state index contributed by atoms with van der Waals surface area (Å²) in [6.45, 7) is 10.6. The molecule has 0 heterocycles. The number of ether oxygens (including phenoxy) is 1. The highest BCUT2D eigenvalue weighted by Crippen LogP contribution is 2.08. The second kappa shape index (κ2) is 9.38. The number of hydrogen-bond acceptors (Lipinski definition) is 6. The van der Waals surface area contributed by atoms with E-state index in [2.05, 4.69) is 5.16 Å². The van der Waals surface area contributed by atoms with Gasteiger partial charge in [0.15, 0.2) is 0 Å². The molecule has 1 atom stereocenters. The van der Waals surface area contributed by atoms with E-state index in [9.17, 15) is 8.42 Å². The second-order valence-corrected chi connectivity index (χ2v) is 7.75. The van der Waals surface area contributed by atoms with Crippen LogP contribution in [-0.2, 0) is 23.9 Å². The van der Waals surface area contributed by atoms with E-state index in [0.717, 1.165) is 18.4 Å². The molecule has 0 aliphatic heterocycles. The van der Waals surface area contributed by atoms with Crippen LogP contribution in [0.3, 0.4) is 0 Å². The van der Waals surface area contributed by atoms with E-state index in [1.54, 1.807) is 6.92 Å². The van der Waals surface area contributed by atoms with Gasteiger partial charge in [-0.25, -0.2) is 0 Å². The summed E-state index contributed by atoms with van der Waals surface area (Å²) in [7, 11) is -3.37. The average Bonchev–Trinajstić information content (AvgIpc) is 2.27. The van der Waals surface area contributed by atoms with Crippen molar-refractivity contribution in [2.75, 3.05) is 19.5 Å². The van der Waals surface area contributed by atoms with Crippen LogP contribution in [0.4, 0.5) is 0 Å². The highest BCUT2D eigenvalue weighted by molar-refractivity contribution is 7.86. The topological polar surface area (TPSA) is 74.2 Å². The Labute approximate surface area is 129 Å². The lowest BCUT2D eigenvalue weighted by Gasteiger charge is -2.16. The maximum absolute atomic E-state index is 10.9. The highest BCUT2D eigenvalue weighted by Gasteiger charge is 2.11. The Balaban J connectivity index is 3.65. The Kier molecular flexibility index (Phi) is 9.08. The van der Waals surface area contributed by atoms with Crippen molar-refractivity contribution in [2.45, 2.75) is 65.6 Å². The minimum absolute atomic E-state index is 0.280. The third-order valence-corrected chi connectivity index (χ3v) is 3.00. The van der Waals surface area contributed by atoms with Crippen molar-refractivity contribution in [3.63, 3.8) is 0 Å². The van der Waals surface area contributed by atoms with Crippen molar-refractivity contribution in [1.82, 2.24) is 0 Å². The predicted molar refractivity (Wildman–Crippen MR) is 84.0 cm³/mol. The summed E-state index contributed by atoms with van der Waals surface area (Å²) in [5.74, 6) is 0. The minimum Gasteiger partial charge on any atom is -0.390 e.